The Labute approximate surface area is 391 Å². The van der Waals surface area contributed by atoms with E-state index in [0.717, 1.165) is 38.5 Å². The minimum atomic E-state index is -1.91. The van der Waals surface area contributed by atoms with Crippen LogP contribution in [-0.2, 0) is 38.0 Å². The largest absolute Gasteiger partial charge is 0.479 e. The molecule has 19 nitrogen and oxygen atoms in total. The van der Waals surface area contributed by atoms with E-state index in [2.05, 4.69) is 54.5 Å². The zero-order valence-electron chi connectivity index (χ0n) is 39.7. The van der Waals surface area contributed by atoms with E-state index in [9.17, 15) is 65.8 Å². The molecule has 4 saturated carbocycles. The first-order valence-corrected chi connectivity index (χ1v) is 24.3. The van der Waals surface area contributed by atoms with Gasteiger partial charge in [0, 0.05) is 0 Å². The minimum absolute atomic E-state index is 0.0745. The number of fused-ring (bicyclic) bond motifs is 7. The standard InChI is InChI=1S/C48H76O19/c1-43(2)14-16-48(42(61)67-40-34(57)31(54)29(52)24(20-50)63-40)17-15-46(6)21(22(48)18-43)8-9-26-45(5)12-11-27(44(3,4)25(45)10-13-47(26,46)7)64-41-35(58)32(55)36(37(66-41)38(59)60)65-39-33(56)30(53)28(51)23(19-49)62-39/h8,22-37,39-41,49-58H,9-20H2,1-7H3,(H,59,60)/t22?,23?,24?,25?,26?,27?,28?,29?,30?,31?,32?,33?,34?,35?,36?,37?,39?,40?,41?,45?,46-,47?,48?/m1/s1. The summed E-state index contributed by atoms with van der Waals surface area (Å²) < 4.78 is 35.0. The minimum Gasteiger partial charge on any atom is -0.479 e. The number of hydrogen-bond donors (Lipinski definition) is 11. The van der Waals surface area contributed by atoms with Crippen molar-refractivity contribution in [3.8, 4) is 0 Å². The van der Waals surface area contributed by atoms with E-state index >= 15 is 0 Å². The second-order valence-corrected chi connectivity index (χ2v) is 23.5. The van der Waals surface area contributed by atoms with Crippen molar-refractivity contribution in [2.24, 2.45) is 50.2 Å². The molecule has 0 radical (unpaired) electrons. The van der Waals surface area contributed by atoms with Crippen molar-refractivity contribution < 1.29 is 94.2 Å². The van der Waals surface area contributed by atoms with Gasteiger partial charge in [-0.1, -0.05) is 60.1 Å². The molecule has 67 heavy (non-hydrogen) atoms. The van der Waals surface area contributed by atoms with Crippen LogP contribution in [0.25, 0.3) is 0 Å². The van der Waals surface area contributed by atoms with Crippen LogP contribution >= 0.6 is 0 Å². The van der Waals surface area contributed by atoms with Crippen LogP contribution in [0.15, 0.2) is 11.6 Å². The van der Waals surface area contributed by atoms with E-state index in [1.54, 1.807) is 0 Å². The lowest BCUT2D eigenvalue weighted by Crippen LogP contribution is -2.67. The Hall–Kier alpha value is -1.92. The number of carboxylic acid groups (broad SMARTS) is 1. The summed E-state index contributed by atoms with van der Waals surface area (Å²) in [4.78, 5) is 27.3. The van der Waals surface area contributed by atoms with Gasteiger partial charge in [-0.3, -0.25) is 4.79 Å². The van der Waals surface area contributed by atoms with Crippen molar-refractivity contribution >= 4 is 11.9 Å². The predicted molar refractivity (Wildman–Crippen MR) is 231 cm³/mol. The van der Waals surface area contributed by atoms with Crippen molar-refractivity contribution in [3.05, 3.63) is 11.6 Å². The maximum absolute atomic E-state index is 14.7. The van der Waals surface area contributed by atoms with Crippen molar-refractivity contribution in [2.75, 3.05) is 13.2 Å². The Morgan fingerprint density at radius 1 is 0.642 bits per heavy atom. The summed E-state index contributed by atoms with van der Waals surface area (Å²) in [6.07, 6.45) is -16.3. The van der Waals surface area contributed by atoms with Gasteiger partial charge in [0.05, 0.1) is 24.7 Å². The van der Waals surface area contributed by atoms with E-state index in [4.69, 9.17) is 28.4 Å². The van der Waals surface area contributed by atoms with Crippen molar-refractivity contribution in [1.29, 1.82) is 0 Å². The molecule has 3 saturated heterocycles. The zero-order chi connectivity index (χ0) is 49.1. The van der Waals surface area contributed by atoms with Crippen LogP contribution in [0.4, 0.5) is 0 Å². The molecule has 382 valence electrons. The molecule has 11 N–H and O–H groups in total. The van der Waals surface area contributed by atoms with Gasteiger partial charge in [-0.2, -0.15) is 0 Å². The van der Waals surface area contributed by atoms with E-state index < -0.39 is 134 Å². The third kappa shape index (κ3) is 8.06. The molecule has 0 aromatic rings. The first-order chi connectivity index (χ1) is 31.2. The van der Waals surface area contributed by atoms with E-state index in [1.165, 1.54) is 5.57 Å². The highest BCUT2D eigenvalue weighted by molar-refractivity contribution is 5.79. The summed E-state index contributed by atoms with van der Waals surface area (Å²) in [6.45, 7) is 14.4. The molecule has 0 aromatic heterocycles. The van der Waals surface area contributed by atoms with Crippen LogP contribution in [0, 0.1) is 50.2 Å². The molecule has 19 heteroatoms. The molecule has 0 amide bonds. The predicted octanol–water partition coefficient (Wildman–Crippen LogP) is 0.233. The van der Waals surface area contributed by atoms with Gasteiger partial charge in [0.15, 0.2) is 18.7 Å². The van der Waals surface area contributed by atoms with Gasteiger partial charge in [-0.25, -0.2) is 4.79 Å². The quantitative estimate of drug-likeness (QED) is 0.0838. The Morgan fingerprint density at radius 2 is 1.21 bits per heavy atom. The number of hydrogen-bond acceptors (Lipinski definition) is 18. The monoisotopic (exact) mass is 956 g/mol. The summed E-state index contributed by atoms with van der Waals surface area (Å²) in [6, 6.07) is 0. The summed E-state index contributed by atoms with van der Waals surface area (Å²) in [5, 5.41) is 115. The zero-order valence-corrected chi connectivity index (χ0v) is 39.7. The molecule has 5 aliphatic carbocycles. The first-order valence-electron chi connectivity index (χ1n) is 24.3. The molecule has 3 heterocycles. The average Bonchev–Trinajstić information content (AvgIpc) is 3.26. The van der Waals surface area contributed by atoms with Crippen LogP contribution in [0.5, 0.6) is 0 Å². The third-order valence-electron chi connectivity index (χ3n) is 19.3. The number of ether oxygens (including phenoxy) is 6. The fourth-order valence-electron chi connectivity index (χ4n) is 15.0. The maximum atomic E-state index is 14.7. The normalized spacial score (nSPS) is 52.6. The number of aliphatic hydroxyl groups is 10. The fraction of sp³-hybridized carbons (Fsp3) is 0.917. The molecular weight excluding hydrogens is 881 g/mol. The number of aliphatic carboxylic acids is 1. The van der Waals surface area contributed by atoms with Gasteiger partial charge in [0.25, 0.3) is 0 Å². The maximum Gasteiger partial charge on any atom is 0.335 e. The topological polar surface area (TPSA) is 312 Å². The summed E-state index contributed by atoms with van der Waals surface area (Å²) in [7, 11) is 0. The number of rotatable bonds is 9. The van der Waals surface area contributed by atoms with E-state index in [-0.39, 0.29) is 39.4 Å². The summed E-state index contributed by atoms with van der Waals surface area (Å²) >= 11 is 0. The molecule has 23 atom stereocenters. The molecule has 0 aromatic carbocycles. The van der Waals surface area contributed by atoms with Crippen LogP contribution < -0.4 is 0 Å². The molecule has 22 unspecified atom stereocenters. The van der Waals surface area contributed by atoms with Gasteiger partial charge >= 0.3 is 11.9 Å². The second kappa shape index (κ2) is 18.0. The Balaban J connectivity index is 1.01. The van der Waals surface area contributed by atoms with E-state index in [1.807, 2.05) is 0 Å². The van der Waals surface area contributed by atoms with Crippen molar-refractivity contribution in [1.82, 2.24) is 0 Å². The molecule has 3 aliphatic heterocycles. The SMILES string of the molecule is CC1(C)CCC2(C(=O)OC3OC(CO)C(O)C(O)C3O)CC[C@]3(C)C(=CCC4C5(C)CCC(OC6OC(C(=O)O)C(OC7OC(CO)C(O)C(O)C7O)C(O)C6O)C(C)(C)C5CCC43C)C2C1. The first kappa shape index (κ1) is 51.4. The van der Waals surface area contributed by atoms with Gasteiger partial charge in [0.2, 0.25) is 6.29 Å². The molecule has 8 aliphatic rings. The average molecular weight is 957 g/mol. The number of carbonyl (C=O) groups excluding carboxylic acids is 1. The van der Waals surface area contributed by atoms with E-state index in [0.29, 0.717) is 25.7 Å². The number of aliphatic hydroxyl groups excluding tert-OH is 10. The number of carbonyl (C=O) groups is 2. The lowest BCUT2D eigenvalue weighted by atomic mass is 9.33. The van der Waals surface area contributed by atoms with Crippen LogP contribution in [0.1, 0.15) is 113 Å². The summed E-state index contributed by atoms with van der Waals surface area (Å²) in [5.74, 6) is -1.88. The Morgan fingerprint density at radius 3 is 1.82 bits per heavy atom. The molecule has 7 fully saturated rings. The fourth-order valence-corrected chi connectivity index (χ4v) is 15.0. The lowest BCUT2D eigenvalue weighted by Gasteiger charge is -2.71. The Bertz CT molecular complexity index is 1870. The van der Waals surface area contributed by atoms with Crippen molar-refractivity contribution in [3.63, 3.8) is 0 Å². The van der Waals surface area contributed by atoms with Gasteiger partial charge in [-0.15, -0.1) is 0 Å². The highest BCUT2D eigenvalue weighted by atomic mass is 16.7. The van der Waals surface area contributed by atoms with Gasteiger partial charge in [-0.05, 0) is 109 Å². The lowest BCUT2D eigenvalue weighted by molar-refractivity contribution is -0.363. The highest BCUT2D eigenvalue weighted by Gasteiger charge is 2.70. The smallest absolute Gasteiger partial charge is 0.335 e. The van der Waals surface area contributed by atoms with Gasteiger partial charge in [0.1, 0.15) is 67.1 Å². The van der Waals surface area contributed by atoms with Crippen LogP contribution in [-0.4, -0.2) is 180 Å². The highest BCUT2D eigenvalue weighted by Crippen LogP contribution is 2.76. The molecule has 0 spiro atoms. The van der Waals surface area contributed by atoms with Crippen LogP contribution in [0.3, 0.4) is 0 Å². The number of carboxylic acids is 1. The molecular formula is C48H76O19. The van der Waals surface area contributed by atoms with Crippen LogP contribution in [0.2, 0.25) is 0 Å². The third-order valence-corrected chi connectivity index (χ3v) is 19.3. The van der Waals surface area contributed by atoms with Gasteiger partial charge < -0.3 is 84.6 Å². The Kier molecular flexibility index (Phi) is 13.8. The number of esters is 1. The molecule has 0 bridgehead atoms. The molecule has 8 rings (SSSR count). The van der Waals surface area contributed by atoms with Crippen molar-refractivity contribution in [2.45, 2.75) is 211 Å². The summed E-state index contributed by atoms with van der Waals surface area (Å²) in [5.41, 5.74) is -0.914. The number of allylic oxidation sites excluding steroid dienone is 2. The second-order valence-electron chi connectivity index (χ2n) is 23.5.